The summed E-state index contributed by atoms with van der Waals surface area (Å²) < 4.78 is 6.11. The minimum absolute atomic E-state index is 0.0428. The van der Waals surface area contributed by atoms with E-state index < -0.39 is 0 Å². The fraction of sp³-hybridized carbons (Fsp3) is 0.353. The summed E-state index contributed by atoms with van der Waals surface area (Å²) in [6.07, 6.45) is 0. The zero-order valence-corrected chi connectivity index (χ0v) is 14.6. The summed E-state index contributed by atoms with van der Waals surface area (Å²) in [5.41, 5.74) is 0.633. The molecule has 122 valence electrons. The quantitative estimate of drug-likeness (QED) is 0.847. The number of ether oxygens (including phenoxy) is 1. The Morgan fingerprint density at radius 2 is 1.91 bits per heavy atom. The van der Waals surface area contributed by atoms with Gasteiger partial charge >= 0.3 is 0 Å². The molecule has 1 aromatic heterocycles. The van der Waals surface area contributed by atoms with Gasteiger partial charge in [-0.05, 0) is 24.3 Å². The van der Waals surface area contributed by atoms with E-state index in [2.05, 4.69) is 11.0 Å². The number of thiophene rings is 1. The van der Waals surface area contributed by atoms with Crippen molar-refractivity contribution >= 4 is 28.8 Å². The number of nitrogens with zero attached hydrogens (tertiary/aromatic N) is 2. The Kier molecular flexibility index (Phi) is 5.20. The third-order valence-electron chi connectivity index (χ3n) is 4.01. The fourth-order valence-electron chi connectivity index (χ4n) is 2.76. The van der Waals surface area contributed by atoms with Crippen molar-refractivity contribution in [3.05, 3.63) is 51.2 Å². The molecule has 0 unspecified atom stereocenters. The third-order valence-corrected chi connectivity index (χ3v) is 5.22. The van der Waals surface area contributed by atoms with Crippen molar-refractivity contribution in [3.8, 4) is 5.75 Å². The van der Waals surface area contributed by atoms with E-state index in [9.17, 15) is 4.79 Å². The van der Waals surface area contributed by atoms with Crippen LogP contribution in [0.3, 0.4) is 0 Å². The number of carbonyl (C=O) groups excluding carboxylic acids is 1. The predicted molar refractivity (Wildman–Crippen MR) is 93.5 cm³/mol. The molecule has 2 heterocycles. The normalized spacial score (nSPS) is 15.7. The lowest BCUT2D eigenvalue weighted by Gasteiger charge is -2.34. The highest BCUT2D eigenvalue weighted by atomic mass is 35.5. The maximum absolute atomic E-state index is 12.7. The zero-order valence-electron chi connectivity index (χ0n) is 13.0. The molecule has 23 heavy (non-hydrogen) atoms. The Labute approximate surface area is 145 Å². The summed E-state index contributed by atoms with van der Waals surface area (Å²) in [7, 11) is 1.59. The van der Waals surface area contributed by atoms with E-state index in [1.165, 1.54) is 4.88 Å². The number of hydrogen-bond donors (Lipinski definition) is 0. The molecule has 1 aliphatic heterocycles. The summed E-state index contributed by atoms with van der Waals surface area (Å²) in [5.74, 6) is 0.675. The third kappa shape index (κ3) is 3.86. The first-order valence-corrected chi connectivity index (χ1v) is 8.75. The Balaban J connectivity index is 1.59. The average Bonchev–Trinajstić information content (AvgIpc) is 3.00. The van der Waals surface area contributed by atoms with Crippen molar-refractivity contribution in [2.75, 3.05) is 33.3 Å². The van der Waals surface area contributed by atoms with E-state index >= 15 is 0 Å². The second kappa shape index (κ2) is 7.34. The van der Waals surface area contributed by atoms with E-state index in [0.29, 0.717) is 11.3 Å². The van der Waals surface area contributed by atoms with Crippen molar-refractivity contribution in [1.82, 2.24) is 9.80 Å². The number of para-hydroxylation sites is 1. The molecule has 0 aliphatic carbocycles. The Bertz CT molecular complexity index is 681. The van der Waals surface area contributed by atoms with Crippen LogP contribution in [0, 0.1) is 0 Å². The number of carbonyl (C=O) groups is 1. The molecule has 6 heteroatoms. The molecule has 0 atom stereocenters. The first kappa shape index (κ1) is 16.3. The van der Waals surface area contributed by atoms with Gasteiger partial charge in [-0.25, -0.2) is 0 Å². The summed E-state index contributed by atoms with van der Waals surface area (Å²) in [6, 6.07) is 11.4. The molecular formula is C17H19ClN2O2S. The lowest BCUT2D eigenvalue weighted by Crippen LogP contribution is -2.48. The lowest BCUT2D eigenvalue weighted by atomic mass is 10.1. The first-order valence-electron chi connectivity index (χ1n) is 7.56. The van der Waals surface area contributed by atoms with Gasteiger partial charge in [0.05, 0.1) is 17.0 Å². The highest BCUT2D eigenvalue weighted by Crippen LogP contribution is 2.24. The summed E-state index contributed by atoms with van der Waals surface area (Å²) >= 11 is 7.59. The summed E-state index contributed by atoms with van der Waals surface area (Å²) in [5, 5.41) is 0. The van der Waals surface area contributed by atoms with E-state index in [0.717, 1.165) is 37.1 Å². The summed E-state index contributed by atoms with van der Waals surface area (Å²) in [4.78, 5) is 18.2. The highest BCUT2D eigenvalue weighted by Gasteiger charge is 2.24. The van der Waals surface area contributed by atoms with Crippen LogP contribution in [0.4, 0.5) is 0 Å². The van der Waals surface area contributed by atoms with Gasteiger partial charge in [-0.1, -0.05) is 23.7 Å². The van der Waals surface area contributed by atoms with Gasteiger partial charge < -0.3 is 9.64 Å². The Morgan fingerprint density at radius 3 is 2.57 bits per heavy atom. The van der Waals surface area contributed by atoms with Crippen LogP contribution >= 0.6 is 22.9 Å². The standard InChI is InChI=1S/C17H19ClN2O2S/c1-22-15-5-3-2-4-14(15)17(21)20-10-8-19(9-11-20)12-13-6-7-16(18)23-13/h2-7H,8-12H2,1H3. The molecule has 4 nitrogen and oxygen atoms in total. The van der Waals surface area contributed by atoms with Crippen LogP contribution in [0.15, 0.2) is 36.4 Å². The van der Waals surface area contributed by atoms with Crippen molar-refractivity contribution < 1.29 is 9.53 Å². The minimum Gasteiger partial charge on any atom is -0.496 e. The van der Waals surface area contributed by atoms with Gasteiger partial charge in [0.25, 0.3) is 5.91 Å². The van der Waals surface area contributed by atoms with Gasteiger partial charge in [-0.15, -0.1) is 11.3 Å². The van der Waals surface area contributed by atoms with E-state index in [1.54, 1.807) is 18.4 Å². The van der Waals surface area contributed by atoms with Gasteiger partial charge in [0.15, 0.2) is 0 Å². The summed E-state index contributed by atoms with van der Waals surface area (Å²) in [6.45, 7) is 4.10. The van der Waals surface area contributed by atoms with Crippen LogP contribution in [0.1, 0.15) is 15.2 Å². The smallest absolute Gasteiger partial charge is 0.257 e. The lowest BCUT2D eigenvalue weighted by molar-refractivity contribution is 0.0626. The number of amides is 1. The van der Waals surface area contributed by atoms with E-state index in [-0.39, 0.29) is 5.91 Å². The highest BCUT2D eigenvalue weighted by molar-refractivity contribution is 7.16. The molecule has 1 aromatic carbocycles. The van der Waals surface area contributed by atoms with Gasteiger partial charge in [-0.3, -0.25) is 9.69 Å². The molecule has 0 spiro atoms. The zero-order chi connectivity index (χ0) is 16.2. The van der Waals surface area contributed by atoms with Crippen LogP contribution in [0.25, 0.3) is 0 Å². The number of benzene rings is 1. The van der Waals surface area contributed by atoms with Crippen LogP contribution in [-0.4, -0.2) is 49.0 Å². The van der Waals surface area contributed by atoms with Crippen molar-refractivity contribution in [1.29, 1.82) is 0 Å². The fourth-order valence-corrected chi connectivity index (χ4v) is 3.89. The second-order valence-corrected chi connectivity index (χ2v) is 7.27. The first-order chi connectivity index (χ1) is 11.2. The monoisotopic (exact) mass is 350 g/mol. The molecular weight excluding hydrogens is 332 g/mol. The minimum atomic E-state index is 0.0428. The van der Waals surface area contributed by atoms with Crippen LogP contribution in [0.2, 0.25) is 4.34 Å². The largest absolute Gasteiger partial charge is 0.496 e. The molecule has 1 saturated heterocycles. The molecule has 0 radical (unpaired) electrons. The van der Waals surface area contributed by atoms with Gasteiger partial charge in [-0.2, -0.15) is 0 Å². The number of rotatable bonds is 4. The SMILES string of the molecule is COc1ccccc1C(=O)N1CCN(Cc2ccc(Cl)s2)CC1. The average molecular weight is 351 g/mol. The molecule has 1 fully saturated rings. The van der Waals surface area contributed by atoms with Crippen molar-refractivity contribution in [2.24, 2.45) is 0 Å². The molecule has 3 rings (SSSR count). The van der Waals surface area contributed by atoms with Crippen molar-refractivity contribution in [2.45, 2.75) is 6.54 Å². The van der Waals surface area contributed by atoms with E-state index in [4.69, 9.17) is 16.3 Å². The predicted octanol–water partition coefficient (Wildman–Crippen LogP) is 3.37. The molecule has 0 N–H and O–H groups in total. The molecule has 2 aromatic rings. The Morgan fingerprint density at radius 1 is 1.17 bits per heavy atom. The van der Waals surface area contributed by atoms with Crippen LogP contribution in [-0.2, 0) is 6.54 Å². The Hall–Kier alpha value is -1.56. The molecule has 0 bridgehead atoms. The van der Waals surface area contributed by atoms with Crippen molar-refractivity contribution in [3.63, 3.8) is 0 Å². The number of halogens is 1. The van der Waals surface area contributed by atoms with Gasteiger partial charge in [0, 0.05) is 37.6 Å². The molecule has 1 amide bonds. The number of methoxy groups -OCH3 is 1. The van der Waals surface area contributed by atoms with E-state index in [1.807, 2.05) is 35.2 Å². The molecule has 1 aliphatic rings. The van der Waals surface area contributed by atoms with Gasteiger partial charge in [0.2, 0.25) is 0 Å². The maximum Gasteiger partial charge on any atom is 0.257 e. The number of hydrogen-bond acceptors (Lipinski definition) is 4. The maximum atomic E-state index is 12.7. The van der Waals surface area contributed by atoms with Crippen LogP contribution < -0.4 is 4.74 Å². The second-order valence-electron chi connectivity index (χ2n) is 5.47. The van der Waals surface area contributed by atoms with Gasteiger partial charge in [0.1, 0.15) is 5.75 Å². The molecule has 0 saturated carbocycles. The topological polar surface area (TPSA) is 32.8 Å². The van der Waals surface area contributed by atoms with Crippen LogP contribution in [0.5, 0.6) is 5.75 Å². The number of piperazine rings is 1.